The summed E-state index contributed by atoms with van der Waals surface area (Å²) in [5.74, 6) is 0.630. The van der Waals surface area contributed by atoms with Crippen LogP contribution in [0.3, 0.4) is 0 Å². The molecule has 1 aromatic carbocycles. The highest BCUT2D eigenvalue weighted by atomic mass is 32.1. The molecule has 3 heterocycles. The molecule has 0 radical (unpaired) electrons. The number of hydrogen-bond donors (Lipinski definition) is 0. The van der Waals surface area contributed by atoms with E-state index in [1.807, 2.05) is 25.3 Å². The molecule has 3 aromatic rings. The van der Waals surface area contributed by atoms with Crippen LogP contribution in [-0.4, -0.2) is 41.3 Å². The van der Waals surface area contributed by atoms with E-state index in [0.717, 1.165) is 12.0 Å². The Morgan fingerprint density at radius 2 is 2.12 bits per heavy atom. The lowest BCUT2D eigenvalue weighted by atomic mass is 10.00. The largest absolute Gasteiger partial charge is 0.491 e. The number of ether oxygens (including phenoxy) is 1. The summed E-state index contributed by atoms with van der Waals surface area (Å²) in [6.45, 7) is 4.91. The molecule has 0 spiro atoms. The normalized spacial score (nSPS) is 15.3. The highest BCUT2D eigenvalue weighted by Gasteiger charge is 2.33. The molecule has 0 unspecified atom stereocenters. The number of thiophene rings is 1. The molecule has 1 aliphatic rings. The third-order valence-electron chi connectivity index (χ3n) is 5.81. The SMILES string of the molecule is CC(C)CC(=O)N(CC(=O)N1CCc2sccc2[C@H]1COc1cccc(F)c1)Cc1ccco1. The molecule has 6 nitrogen and oxygen atoms in total. The first-order chi connectivity index (χ1) is 16.4. The molecule has 4 rings (SSSR count). The zero-order valence-corrected chi connectivity index (χ0v) is 20.2. The number of rotatable bonds is 9. The maximum Gasteiger partial charge on any atom is 0.242 e. The van der Waals surface area contributed by atoms with Crippen LogP contribution in [0.5, 0.6) is 5.75 Å². The van der Waals surface area contributed by atoms with E-state index in [9.17, 15) is 14.0 Å². The molecule has 180 valence electrons. The lowest BCUT2D eigenvalue weighted by molar-refractivity contribution is -0.143. The number of nitrogens with zero attached hydrogens (tertiary/aromatic N) is 2. The van der Waals surface area contributed by atoms with Gasteiger partial charge < -0.3 is 19.0 Å². The second-order valence-corrected chi connectivity index (χ2v) is 9.85. The van der Waals surface area contributed by atoms with Crippen LogP contribution in [0.1, 0.15) is 42.5 Å². The molecular weight excluding hydrogens is 455 g/mol. The number of carbonyl (C=O) groups excluding carboxylic acids is 2. The van der Waals surface area contributed by atoms with Crippen molar-refractivity contribution in [2.24, 2.45) is 5.92 Å². The van der Waals surface area contributed by atoms with Gasteiger partial charge in [0.1, 0.15) is 30.5 Å². The summed E-state index contributed by atoms with van der Waals surface area (Å²) in [7, 11) is 0. The first-order valence-electron chi connectivity index (χ1n) is 11.4. The van der Waals surface area contributed by atoms with Crippen molar-refractivity contribution in [2.75, 3.05) is 19.7 Å². The zero-order valence-electron chi connectivity index (χ0n) is 19.4. The molecule has 2 amide bonds. The van der Waals surface area contributed by atoms with Crippen LogP contribution in [0.25, 0.3) is 0 Å². The van der Waals surface area contributed by atoms with E-state index >= 15 is 0 Å². The van der Waals surface area contributed by atoms with Gasteiger partial charge in [-0.15, -0.1) is 11.3 Å². The van der Waals surface area contributed by atoms with Gasteiger partial charge in [0, 0.05) is 23.9 Å². The molecule has 0 saturated heterocycles. The minimum Gasteiger partial charge on any atom is -0.491 e. The number of amides is 2. The van der Waals surface area contributed by atoms with E-state index in [0.29, 0.717) is 24.5 Å². The van der Waals surface area contributed by atoms with Gasteiger partial charge in [0.2, 0.25) is 11.8 Å². The fourth-order valence-corrected chi connectivity index (χ4v) is 5.09. The standard InChI is InChI=1S/C26H29FN2O4S/c1-18(2)13-25(30)28(15-21-7-4-11-32-21)16-26(31)29-10-8-24-22(9-12-34-24)23(29)17-33-20-6-3-5-19(27)14-20/h3-7,9,11-12,14,18,23H,8,10,13,15-17H2,1-2H3/t23-/m1/s1. The second kappa shape index (κ2) is 10.9. The number of carbonyl (C=O) groups is 2. The van der Waals surface area contributed by atoms with Crippen molar-refractivity contribution in [2.45, 2.75) is 39.3 Å². The summed E-state index contributed by atoms with van der Waals surface area (Å²) in [5, 5.41) is 2.02. The van der Waals surface area contributed by atoms with Crippen LogP contribution in [0.2, 0.25) is 0 Å². The van der Waals surface area contributed by atoms with Gasteiger partial charge in [-0.3, -0.25) is 9.59 Å². The Hall–Kier alpha value is -3.13. The first kappa shape index (κ1) is 24.0. The molecule has 1 atom stereocenters. The monoisotopic (exact) mass is 484 g/mol. The Balaban J connectivity index is 1.51. The second-order valence-electron chi connectivity index (χ2n) is 8.85. The van der Waals surface area contributed by atoms with Crippen molar-refractivity contribution < 1.29 is 23.1 Å². The summed E-state index contributed by atoms with van der Waals surface area (Å²) in [6.07, 6.45) is 2.67. The molecule has 34 heavy (non-hydrogen) atoms. The molecule has 1 aliphatic heterocycles. The minimum atomic E-state index is -0.373. The molecule has 0 fully saturated rings. The Morgan fingerprint density at radius 3 is 2.85 bits per heavy atom. The number of furan rings is 1. The molecule has 0 aliphatic carbocycles. The molecule has 0 saturated carbocycles. The number of hydrogen-bond acceptors (Lipinski definition) is 5. The van der Waals surface area contributed by atoms with Crippen LogP contribution in [-0.2, 0) is 22.6 Å². The van der Waals surface area contributed by atoms with Crippen molar-refractivity contribution in [3.05, 3.63) is 76.1 Å². The predicted octanol–water partition coefficient (Wildman–Crippen LogP) is 5.06. The number of fused-ring (bicyclic) bond motifs is 1. The van der Waals surface area contributed by atoms with Gasteiger partial charge in [-0.2, -0.15) is 0 Å². The summed E-state index contributed by atoms with van der Waals surface area (Å²) < 4.78 is 24.9. The maximum absolute atomic E-state index is 13.6. The molecular formula is C26H29FN2O4S. The fraction of sp³-hybridized carbons (Fsp3) is 0.385. The Bertz CT molecular complexity index is 1110. The topological polar surface area (TPSA) is 63.0 Å². The molecule has 0 N–H and O–H groups in total. The summed E-state index contributed by atoms with van der Waals surface area (Å²) >= 11 is 1.66. The van der Waals surface area contributed by atoms with Crippen LogP contribution in [0.4, 0.5) is 4.39 Å². The van der Waals surface area contributed by atoms with E-state index in [-0.39, 0.29) is 49.3 Å². The van der Waals surface area contributed by atoms with Crippen molar-refractivity contribution in [1.29, 1.82) is 0 Å². The van der Waals surface area contributed by atoms with E-state index in [2.05, 4.69) is 0 Å². The Morgan fingerprint density at radius 1 is 1.26 bits per heavy atom. The average molecular weight is 485 g/mol. The van der Waals surface area contributed by atoms with Crippen LogP contribution in [0, 0.1) is 11.7 Å². The van der Waals surface area contributed by atoms with E-state index in [1.165, 1.54) is 17.0 Å². The number of benzene rings is 1. The molecule has 8 heteroatoms. The van der Waals surface area contributed by atoms with Crippen LogP contribution in [0.15, 0.2) is 58.5 Å². The van der Waals surface area contributed by atoms with Gasteiger partial charge in [0.05, 0.1) is 18.8 Å². The van der Waals surface area contributed by atoms with Gasteiger partial charge in [-0.1, -0.05) is 19.9 Å². The van der Waals surface area contributed by atoms with Gasteiger partial charge in [0.25, 0.3) is 0 Å². The smallest absolute Gasteiger partial charge is 0.242 e. The molecule has 2 aromatic heterocycles. The summed E-state index contributed by atoms with van der Waals surface area (Å²) in [4.78, 5) is 31.0. The van der Waals surface area contributed by atoms with Crippen molar-refractivity contribution in [3.8, 4) is 5.75 Å². The Kier molecular flexibility index (Phi) is 7.67. The van der Waals surface area contributed by atoms with E-state index < -0.39 is 0 Å². The Labute approximate surface area is 202 Å². The van der Waals surface area contributed by atoms with Crippen molar-refractivity contribution >= 4 is 23.2 Å². The third-order valence-corrected chi connectivity index (χ3v) is 6.80. The fourth-order valence-electron chi connectivity index (χ4n) is 4.16. The van der Waals surface area contributed by atoms with E-state index in [4.69, 9.17) is 9.15 Å². The van der Waals surface area contributed by atoms with Gasteiger partial charge in [-0.05, 0) is 53.6 Å². The van der Waals surface area contributed by atoms with E-state index in [1.54, 1.807) is 51.7 Å². The first-order valence-corrected chi connectivity index (χ1v) is 12.3. The van der Waals surface area contributed by atoms with Gasteiger partial charge in [0.15, 0.2) is 0 Å². The van der Waals surface area contributed by atoms with Gasteiger partial charge in [-0.25, -0.2) is 4.39 Å². The molecule has 0 bridgehead atoms. The highest BCUT2D eigenvalue weighted by Crippen LogP contribution is 2.34. The predicted molar refractivity (Wildman–Crippen MR) is 128 cm³/mol. The lowest BCUT2D eigenvalue weighted by Gasteiger charge is -2.37. The maximum atomic E-state index is 13.6. The van der Waals surface area contributed by atoms with Gasteiger partial charge >= 0.3 is 0 Å². The van der Waals surface area contributed by atoms with Crippen molar-refractivity contribution in [1.82, 2.24) is 9.80 Å². The third kappa shape index (κ3) is 5.86. The van der Waals surface area contributed by atoms with Crippen LogP contribution >= 0.6 is 11.3 Å². The zero-order chi connectivity index (χ0) is 24.1. The average Bonchev–Trinajstić information content (AvgIpc) is 3.48. The number of halogens is 1. The quantitative estimate of drug-likeness (QED) is 0.426. The minimum absolute atomic E-state index is 0.0395. The van der Waals surface area contributed by atoms with Crippen LogP contribution < -0.4 is 4.74 Å². The van der Waals surface area contributed by atoms with Crippen molar-refractivity contribution in [3.63, 3.8) is 0 Å². The summed E-state index contributed by atoms with van der Waals surface area (Å²) in [6, 6.07) is 11.3. The lowest BCUT2D eigenvalue weighted by Crippen LogP contribution is -2.47. The summed E-state index contributed by atoms with van der Waals surface area (Å²) in [5.41, 5.74) is 1.05. The highest BCUT2D eigenvalue weighted by molar-refractivity contribution is 7.10.